The van der Waals surface area contributed by atoms with Crippen molar-refractivity contribution < 1.29 is 19.5 Å². The lowest BCUT2D eigenvalue weighted by Gasteiger charge is -2.16. The molecular weight excluding hydrogens is 262 g/mol. The van der Waals surface area contributed by atoms with Gasteiger partial charge in [-0.25, -0.2) is 4.79 Å². The van der Waals surface area contributed by atoms with E-state index in [0.29, 0.717) is 0 Å². The van der Waals surface area contributed by atoms with Gasteiger partial charge >= 0.3 is 5.97 Å². The molecule has 1 rings (SSSR count). The van der Waals surface area contributed by atoms with Gasteiger partial charge in [0.05, 0.1) is 15.5 Å². The van der Waals surface area contributed by atoms with Gasteiger partial charge in [0.1, 0.15) is 5.60 Å². The predicted molar refractivity (Wildman–Crippen MR) is 64.4 cm³/mol. The molecule has 0 atom stereocenters. The summed E-state index contributed by atoms with van der Waals surface area (Å²) in [5, 5.41) is 10.4. The van der Waals surface area contributed by atoms with E-state index in [9.17, 15) is 14.9 Å². The van der Waals surface area contributed by atoms with Crippen molar-refractivity contribution in [3.63, 3.8) is 0 Å². The highest BCUT2D eigenvalue weighted by atomic mass is 35.5. The molecule has 0 heterocycles. The fraction of sp³-hybridized carbons (Fsp3) is 0.364. The van der Waals surface area contributed by atoms with Gasteiger partial charge in [0.2, 0.25) is 0 Å². The number of non-ortho nitro benzene ring substituents is 1. The highest BCUT2D eigenvalue weighted by Crippen LogP contribution is 2.23. The summed E-state index contributed by atoms with van der Waals surface area (Å²) < 4.78 is 0. The molecule has 0 fully saturated rings. The Morgan fingerprint density at radius 1 is 1.39 bits per heavy atom. The molecule has 98 valence electrons. The van der Waals surface area contributed by atoms with Gasteiger partial charge in [-0.3, -0.25) is 15.0 Å². The highest BCUT2D eigenvalue weighted by Gasteiger charge is 2.20. The fourth-order valence-electron chi connectivity index (χ4n) is 0.991. The molecule has 0 amide bonds. The van der Waals surface area contributed by atoms with Crippen molar-refractivity contribution in [3.05, 3.63) is 38.9 Å². The Morgan fingerprint density at radius 3 is 2.44 bits per heavy atom. The van der Waals surface area contributed by atoms with Crippen LogP contribution in [-0.4, -0.2) is 16.5 Å². The minimum absolute atomic E-state index is 0.00603. The van der Waals surface area contributed by atoms with Crippen molar-refractivity contribution in [3.8, 4) is 0 Å². The molecule has 6 nitrogen and oxygen atoms in total. The molecule has 0 N–H and O–H groups in total. The number of benzene rings is 1. The first-order valence-electron chi connectivity index (χ1n) is 5.04. The molecule has 0 saturated heterocycles. The second-order valence-corrected chi connectivity index (χ2v) is 4.89. The summed E-state index contributed by atoms with van der Waals surface area (Å²) in [7, 11) is 0. The van der Waals surface area contributed by atoms with Crippen LogP contribution in [-0.2, 0) is 9.78 Å². The van der Waals surface area contributed by atoms with E-state index in [0.717, 1.165) is 6.07 Å². The summed E-state index contributed by atoms with van der Waals surface area (Å²) in [6.45, 7) is 5.12. The van der Waals surface area contributed by atoms with Gasteiger partial charge in [-0.15, -0.1) is 0 Å². The quantitative estimate of drug-likeness (QED) is 0.480. The molecule has 0 unspecified atom stereocenters. The first kappa shape index (κ1) is 14.4. The Kier molecular flexibility index (Phi) is 4.26. The number of rotatable bonds is 3. The van der Waals surface area contributed by atoms with E-state index in [4.69, 9.17) is 16.5 Å². The third-order valence-electron chi connectivity index (χ3n) is 1.75. The lowest BCUT2D eigenvalue weighted by Crippen LogP contribution is -2.22. The van der Waals surface area contributed by atoms with Crippen molar-refractivity contribution in [1.29, 1.82) is 0 Å². The molecule has 1 aromatic rings. The maximum absolute atomic E-state index is 11.6. The minimum atomic E-state index is -0.801. The van der Waals surface area contributed by atoms with Crippen molar-refractivity contribution in [2.75, 3.05) is 0 Å². The first-order valence-corrected chi connectivity index (χ1v) is 5.42. The fourth-order valence-corrected chi connectivity index (χ4v) is 1.24. The number of nitrogens with zero attached hydrogens (tertiary/aromatic N) is 1. The number of nitro benzene ring substituents is 1. The summed E-state index contributed by atoms with van der Waals surface area (Å²) in [6, 6.07) is 3.46. The summed E-state index contributed by atoms with van der Waals surface area (Å²) in [4.78, 5) is 30.9. The molecule has 0 aliphatic rings. The van der Waals surface area contributed by atoms with Gasteiger partial charge in [0.15, 0.2) is 0 Å². The number of nitro groups is 1. The molecule has 18 heavy (non-hydrogen) atoms. The van der Waals surface area contributed by atoms with Crippen LogP contribution in [0.5, 0.6) is 0 Å². The number of carbonyl (C=O) groups is 1. The lowest BCUT2D eigenvalue weighted by molar-refractivity contribution is -0.384. The molecule has 0 aliphatic carbocycles. The van der Waals surface area contributed by atoms with Gasteiger partial charge in [-0.1, -0.05) is 11.6 Å². The zero-order chi connectivity index (χ0) is 13.9. The van der Waals surface area contributed by atoms with Crippen molar-refractivity contribution in [2.45, 2.75) is 26.4 Å². The average molecular weight is 274 g/mol. The van der Waals surface area contributed by atoms with Crippen LogP contribution in [0.2, 0.25) is 5.02 Å². The van der Waals surface area contributed by atoms with Gasteiger partial charge in [-0.2, -0.15) is 4.89 Å². The van der Waals surface area contributed by atoms with E-state index < -0.39 is 16.5 Å². The molecule has 1 aromatic carbocycles. The van der Waals surface area contributed by atoms with Gasteiger partial charge in [0.25, 0.3) is 5.69 Å². The van der Waals surface area contributed by atoms with Gasteiger partial charge in [0, 0.05) is 12.1 Å². The van der Waals surface area contributed by atoms with Crippen LogP contribution in [0, 0.1) is 10.1 Å². The summed E-state index contributed by atoms with van der Waals surface area (Å²) in [5.41, 5.74) is -0.845. The maximum atomic E-state index is 11.6. The van der Waals surface area contributed by atoms with Crippen LogP contribution >= 0.6 is 11.6 Å². The predicted octanol–water partition coefficient (Wildman–Crippen LogP) is 3.14. The topological polar surface area (TPSA) is 78.7 Å². The highest BCUT2D eigenvalue weighted by molar-refractivity contribution is 6.33. The Morgan fingerprint density at radius 2 is 2.00 bits per heavy atom. The van der Waals surface area contributed by atoms with Crippen molar-refractivity contribution >= 4 is 23.3 Å². The monoisotopic (exact) mass is 273 g/mol. The Hall–Kier alpha value is -1.66. The number of hydrogen-bond donors (Lipinski definition) is 0. The van der Waals surface area contributed by atoms with E-state index in [-0.39, 0.29) is 16.3 Å². The Bertz CT molecular complexity index is 481. The smallest absolute Gasteiger partial charge is 0.292 e. The molecule has 7 heteroatoms. The lowest BCUT2D eigenvalue weighted by atomic mass is 10.2. The van der Waals surface area contributed by atoms with E-state index >= 15 is 0 Å². The van der Waals surface area contributed by atoms with Crippen LogP contribution in [0.15, 0.2) is 18.2 Å². The SMILES string of the molecule is CC(C)(C)OOC(=O)c1ccc([N+](=O)[O-])cc1Cl. The van der Waals surface area contributed by atoms with E-state index in [1.54, 1.807) is 20.8 Å². The largest absolute Gasteiger partial charge is 0.374 e. The Balaban J connectivity index is 2.84. The molecule has 0 radical (unpaired) electrons. The third-order valence-corrected chi connectivity index (χ3v) is 2.06. The van der Waals surface area contributed by atoms with Crippen LogP contribution in [0.3, 0.4) is 0 Å². The van der Waals surface area contributed by atoms with Crippen molar-refractivity contribution in [2.24, 2.45) is 0 Å². The first-order chi connectivity index (χ1) is 8.20. The normalized spacial score (nSPS) is 11.1. The number of hydrogen-bond acceptors (Lipinski definition) is 5. The molecule has 0 saturated carbocycles. The number of halogens is 1. The second-order valence-electron chi connectivity index (χ2n) is 4.49. The number of carbonyl (C=O) groups excluding carboxylic acids is 1. The van der Waals surface area contributed by atoms with Crippen LogP contribution < -0.4 is 0 Å². The van der Waals surface area contributed by atoms with Crippen LogP contribution in [0.4, 0.5) is 5.69 Å². The average Bonchev–Trinajstić information content (AvgIpc) is 2.24. The zero-order valence-corrected chi connectivity index (χ0v) is 10.9. The zero-order valence-electron chi connectivity index (χ0n) is 10.1. The third kappa shape index (κ3) is 3.97. The molecule has 0 spiro atoms. The minimum Gasteiger partial charge on any atom is -0.292 e. The maximum Gasteiger partial charge on any atom is 0.374 e. The van der Waals surface area contributed by atoms with Gasteiger partial charge < -0.3 is 0 Å². The molecule has 0 bridgehead atoms. The van der Waals surface area contributed by atoms with E-state index in [1.807, 2.05) is 0 Å². The Labute approximate surface area is 109 Å². The molecular formula is C11H12ClNO5. The summed E-state index contributed by atoms with van der Waals surface area (Å²) >= 11 is 5.76. The van der Waals surface area contributed by atoms with Crippen LogP contribution in [0.1, 0.15) is 31.1 Å². The molecule has 0 aromatic heterocycles. The van der Waals surface area contributed by atoms with E-state index in [2.05, 4.69) is 4.89 Å². The molecule has 0 aliphatic heterocycles. The summed E-state index contributed by atoms with van der Waals surface area (Å²) in [6.07, 6.45) is 0. The van der Waals surface area contributed by atoms with Gasteiger partial charge in [-0.05, 0) is 26.8 Å². The van der Waals surface area contributed by atoms with Crippen LogP contribution in [0.25, 0.3) is 0 Å². The van der Waals surface area contributed by atoms with E-state index in [1.165, 1.54) is 12.1 Å². The second kappa shape index (κ2) is 5.32. The van der Waals surface area contributed by atoms with Crippen molar-refractivity contribution in [1.82, 2.24) is 0 Å². The standard InChI is InChI=1S/C11H12ClNO5/c1-11(2,3)18-17-10(14)8-5-4-7(13(15)16)6-9(8)12/h4-6H,1-3H3. The summed E-state index contributed by atoms with van der Waals surface area (Å²) in [5.74, 6) is -0.801.